The average Bonchev–Trinajstić information content (AvgIpc) is 3.77. The van der Waals surface area contributed by atoms with Crippen molar-refractivity contribution in [3.8, 4) is 28.6 Å². The lowest BCUT2D eigenvalue weighted by Crippen LogP contribution is -2.11. The molecule has 0 atom stereocenters. The second-order valence-electron chi connectivity index (χ2n) is 11.5. The van der Waals surface area contributed by atoms with Gasteiger partial charge in [0.25, 0.3) is 0 Å². The Morgan fingerprint density at radius 1 is 0.404 bits per heavy atom. The van der Waals surface area contributed by atoms with Crippen molar-refractivity contribution in [2.24, 2.45) is 0 Å². The minimum Gasteiger partial charge on any atom is -0.416 e. The van der Waals surface area contributed by atoms with Crippen LogP contribution >= 0.6 is 0 Å². The fraction of sp³-hybridized carbons (Fsp3) is 0. The fourth-order valence-corrected chi connectivity index (χ4v) is 6.63. The van der Waals surface area contributed by atoms with Crippen LogP contribution in [0.25, 0.3) is 61.2 Å². The van der Waals surface area contributed by atoms with Crippen LogP contribution in [0, 0.1) is 0 Å². The number of hydrogen-bond donors (Lipinski definition) is 0. The molecule has 0 aliphatic rings. The number of para-hydroxylation sites is 3. The molecule has 0 bridgehead atoms. The molecule has 7 aromatic carbocycles. The zero-order valence-electron chi connectivity index (χ0n) is 25.4. The zero-order valence-corrected chi connectivity index (χ0v) is 25.4. The number of benzene rings is 7. The lowest BCUT2D eigenvalue weighted by molar-refractivity contribution is 0.584. The summed E-state index contributed by atoms with van der Waals surface area (Å²) in [5.41, 5.74) is 8.48. The maximum absolute atomic E-state index is 6.05. The van der Waals surface area contributed by atoms with Gasteiger partial charge in [-0.15, -0.1) is 10.2 Å². The number of anilines is 3. The topological polar surface area (TPSA) is 47.1 Å². The first-order valence-corrected chi connectivity index (χ1v) is 15.7. The van der Waals surface area contributed by atoms with Crippen LogP contribution < -0.4 is 4.90 Å². The summed E-state index contributed by atoms with van der Waals surface area (Å²) in [4.78, 5) is 2.31. The fourth-order valence-electron chi connectivity index (χ4n) is 6.63. The predicted molar refractivity (Wildman–Crippen MR) is 192 cm³/mol. The maximum Gasteiger partial charge on any atom is 0.248 e. The molecule has 0 fully saturated rings. The lowest BCUT2D eigenvalue weighted by atomic mass is 10.0. The van der Waals surface area contributed by atoms with Crippen molar-refractivity contribution in [3.05, 3.63) is 170 Å². The number of nitrogens with zero attached hydrogens (tertiary/aromatic N) is 4. The van der Waals surface area contributed by atoms with E-state index in [4.69, 9.17) is 4.42 Å². The molecule has 0 unspecified atom stereocenters. The highest BCUT2D eigenvalue weighted by atomic mass is 16.4. The molecule has 5 nitrogen and oxygen atoms in total. The summed E-state index contributed by atoms with van der Waals surface area (Å²) in [6, 6.07) is 59.1. The van der Waals surface area contributed by atoms with Gasteiger partial charge < -0.3 is 13.9 Å². The lowest BCUT2D eigenvalue weighted by Gasteiger charge is -2.27. The predicted octanol–water partition coefficient (Wildman–Crippen LogP) is 11.1. The van der Waals surface area contributed by atoms with Crippen molar-refractivity contribution in [2.75, 3.05) is 4.90 Å². The maximum atomic E-state index is 6.05. The molecule has 2 heterocycles. The molecule has 9 rings (SSSR count). The van der Waals surface area contributed by atoms with E-state index < -0.39 is 0 Å². The van der Waals surface area contributed by atoms with Gasteiger partial charge in [0.1, 0.15) is 0 Å². The Kier molecular flexibility index (Phi) is 6.39. The van der Waals surface area contributed by atoms with E-state index in [1.54, 1.807) is 0 Å². The Hall–Kier alpha value is -6.46. The first-order chi connectivity index (χ1) is 23.3. The smallest absolute Gasteiger partial charge is 0.248 e. The van der Waals surface area contributed by atoms with Crippen LogP contribution in [0.15, 0.2) is 174 Å². The number of rotatable bonds is 6. The Bertz CT molecular complexity index is 2460. The van der Waals surface area contributed by atoms with Crippen molar-refractivity contribution < 1.29 is 4.42 Å². The molecule has 0 aliphatic heterocycles. The highest BCUT2D eigenvalue weighted by Gasteiger charge is 2.20. The van der Waals surface area contributed by atoms with Gasteiger partial charge in [-0.05, 0) is 72.8 Å². The van der Waals surface area contributed by atoms with Crippen LogP contribution in [0.2, 0.25) is 0 Å². The van der Waals surface area contributed by atoms with Crippen molar-refractivity contribution in [1.82, 2.24) is 14.8 Å². The van der Waals surface area contributed by atoms with Crippen LogP contribution in [0.4, 0.5) is 17.1 Å². The molecule has 5 heteroatoms. The molecule has 0 radical (unpaired) electrons. The molecule has 0 saturated carbocycles. The third-order valence-corrected chi connectivity index (χ3v) is 8.77. The zero-order chi connectivity index (χ0) is 31.2. The van der Waals surface area contributed by atoms with Gasteiger partial charge in [0.15, 0.2) is 0 Å². The van der Waals surface area contributed by atoms with Gasteiger partial charge in [-0.3, -0.25) is 0 Å². The molecule has 0 spiro atoms. The van der Waals surface area contributed by atoms with Crippen LogP contribution in [0.5, 0.6) is 0 Å². The average molecular weight is 605 g/mol. The molecule has 9 aromatic rings. The van der Waals surface area contributed by atoms with E-state index in [0.717, 1.165) is 39.3 Å². The van der Waals surface area contributed by atoms with Crippen molar-refractivity contribution in [1.29, 1.82) is 0 Å². The van der Waals surface area contributed by atoms with Gasteiger partial charge in [-0.2, -0.15) is 0 Å². The molecule has 0 N–H and O–H groups in total. The largest absolute Gasteiger partial charge is 0.416 e. The summed E-state index contributed by atoms with van der Waals surface area (Å²) >= 11 is 0. The van der Waals surface area contributed by atoms with Gasteiger partial charge in [0.05, 0.1) is 22.4 Å². The van der Waals surface area contributed by atoms with Gasteiger partial charge in [-0.1, -0.05) is 97.1 Å². The van der Waals surface area contributed by atoms with Crippen LogP contribution in [0.1, 0.15) is 0 Å². The molecular weight excluding hydrogens is 576 g/mol. The number of aromatic nitrogens is 3. The summed E-state index contributed by atoms with van der Waals surface area (Å²) in [6.07, 6.45) is 0. The molecular formula is C42H28N4O. The molecule has 222 valence electrons. The third-order valence-electron chi connectivity index (χ3n) is 8.77. The van der Waals surface area contributed by atoms with E-state index >= 15 is 0 Å². The summed E-state index contributed by atoms with van der Waals surface area (Å²) in [7, 11) is 0. The Balaban J connectivity index is 1.19. The standard InChI is InChI=1S/C42H28N4O/c1-3-13-29(14-4-1)41-43-44-42(47-41)30-23-25-32(26-24-30)45(31-15-5-2-6-16-31)39-27-28-40(36-18-8-7-17-35(36)39)46-37-21-11-9-19-33(37)34-20-10-12-22-38(34)46/h1-28H. The minimum absolute atomic E-state index is 0.489. The van der Waals surface area contributed by atoms with Gasteiger partial charge in [0, 0.05) is 44.0 Å². The Morgan fingerprint density at radius 3 is 1.53 bits per heavy atom. The van der Waals surface area contributed by atoms with Crippen LogP contribution in [-0.4, -0.2) is 14.8 Å². The molecule has 2 aromatic heterocycles. The normalized spacial score (nSPS) is 11.4. The van der Waals surface area contributed by atoms with Crippen molar-refractivity contribution in [2.45, 2.75) is 0 Å². The second-order valence-corrected chi connectivity index (χ2v) is 11.5. The number of hydrogen-bond acceptors (Lipinski definition) is 4. The number of fused-ring (bicyclic) bond motifs is 4. The van der Waals surface area contributed by atoms with E-state index in [-0.39, 0.29) is 0 Å². The quantitative estimate of drug-likeness (QED) is 0.189. The molecule has 0 aliphatic carbocycles. The highest BCUT2D eigenvalue weighted by molar-refractivity contribution is 6.11. The third kappa shape index (κ3) is 4.56. The Labute approximate surface area is 271 Å². The monoisotopic (exact) mass is 604 g/mol. The summed E-state index contributed by atoms with van der Waals surface area (Å²) in [6.45, 7) is 0. The van der Waals surface area contributed by atoms with Gasteiger partial charge in [0.2, 0.25) is 11.8 Å². The SMILES string of the molecule is c1ccc(-c2nnc(-c3ccc(N(c4ccccc4)c4ccc(-n5c6ccccc6c6ccccc65)c5ccccc45)cc3)o2)cc1. The summed E-state index contributed by atoms with van der Waals surface area (Å²) in [5.74, 6) is 0.994. The molecule has 0 amide bonds. The molecule has 0 saturated heterocycles. The van der Waals surface area contributed by atoms with Crippen molar-refractivity contribution in [3.63, 3.8) is 0 Å². The van der Waals surface area contributed by atoms with Gasteiger partial charge >= 0.3 is 0 Å². The van der Waals surface area contributed by atoms with Crippen LogP contribution in [0.3, 0.4) is 0 Å². The first-order valence-electron chi connectivity index (χ1n) is 15.7. The van der Waals surface area contributed by atoms with Gasteiger partial charge in [-0.25, -0.2) is 0 Å². The van der Waals surface area contributed by atoms with E-state index in [9.17, 15) is 0 Å². The van der Waals surface area contributed by atoms with E-state index in [1.165, 1.54) is 27.2 Å². The minimum atomic E-state index is 0.489. The summed E-state index contributed by atoms with van der Waals surface area (Å²) < 4.78 is 8.45. The second kappa shape index (κ2) is 11.2. The van der Waals surface area contributed by atoms with E-state index in [1.807, 2.05) is 48.5 Å². The Morgan fingerprint density at radius 2 is 0.894 bits per heavy atom. The van der Waals surface area contributed by atoms with Crippen LogP contribution in [-0.2, 0) is 0 Å². The van der Waals surface area contributed by atoms with Crippen molar-refractivity contribution >= 4 is 49.6 Å². The molecule has 47 heavy (non-hydrogen) atoms. The van der Waals surface area contributed by atoms with E-state index in [2.05, 4.69) is 141 Å². The first kappa shape index (κ1) is 26.9. The van der Waals surface area contributed by atoms with E-state index in [0.29, 0.717) is 11.8 Å². The summed E-state index contributed by atoms with van der Waals surface area (Å²) in [5, 5.41) is 13.5. The highest BCUT2D eigenvalue weighted by Crippen LogP contribution is 2.42.